The van der Waals surface area contributed by atoms with E-state index in [0.29, 0.717) is 32.7 Å². The first-order valence-corrected chi connectivity index (χ1v) is 9.51. The number of rotatable bonds is 7. The van der Waals surface area contributed by atoms with Crippen molar-refractivity contribution in [3.8, 4) is 0 Å². The summed E-state index contributed by atoms with van der Waals surface area (Å²) in [4.78, 5) is 12.7. The predicted molar refractivity (Wildman–Crippen MR) is 94.3 cm³/mol. The molecule has 0 atom stereocenters. The van der Waals surface area contributed by atoms with Crippen LogP contribution in [0.3, 0.4) is 0 Å². The van der Waals surface area contributed by atoms with Crippen LogP contribution in [0.4, 0.5) is 11.4 Å². The number of ether oxygens (including phenoxy) is 1. The van der Waals surface area contributed by atoms with Crippen molar-refractivity contribution in [3.63, 3.8) is 0 Å². The standard InChI is InChI=1S/C15H24N4O5S/c1-16-14-5-4-13(12-15(14)19(20)21)25(22,23)18-7-3-6-17(8-9-18)10-11-24-2/h4-5,12,16H,3,6-11H2,1-2H3. The molecular weight excluding hydrogens is 348 g/mol. The maximum absolute atomic E-state index is 12.9. The molecule has 1 saturated heterocycles. The number of nitrogens with one attached hydrogen (secondary N) is 1. The molecule has 0 bridgehead atoms. The molecule has 0 spiro atoms. The molecule has 0 aromatic heterocycles. The van der Waals surface area contributed by atoms with Crippen molar-refractivity contribution in [3.05, 3.63) is 28.3 Å². The SMILES string of the molecule is CNc1ccc(S(=O)(=O)N2CCCN(CCOC)CC2)cc1[N+](=O)[O-]. The Hall–Kier alpha value is -1.75. The van der Waals surface area contributed by atoms with Gasteiger partial charge < -0.3 is 10.1 Å². The minimum Gasteiger partial charge on any atom is -0.383 e. The van der Waals surface area contributed by atoms with Gasteiger partial charge in [-0.1, -0.05) is 0 Å². The van der Waals surface area contributed by atoms with Crippen LogP contribution in [0.2, 0.25) is 0 Å². The van der Waals surface area contributed by atoms with Gasteiger partial charge in [0.15, 0.2) is 0 Å². The van der Waals surface area contributed by atoms with Crippen molar-refractivity contribution in [1.29, 1.82) is 0 Å². The average molecular weight is 372 g/mol. The van der Waals surface area contributed by atoms with Crippen LogP contribution in [0.5, 0.6) is 0 Å². The number of nitrogens with zero attached hydrogens (tertiary/aromatic N) is 3. The highest BCUT2D eigenvalue weighted by molar-refractivity contribution is 7.89. The Morgan fingerprint density at radius 1 is 1.28 bits per heavy atom. The Morgan fingerprint density at radius 3 is 2.68 bits per heavy atom. The molecule has 1 fully saturated rings. The molecule has 1 N–H and O–H groups in total. The zero-order valence-corrected chi connectivity index (χ0v) is 15.3. The second-order valence-corrected chi connectivity index (χ2v) is 7.72. The van der Waals surface area contributed by atoms with Crippen LogP contribution in [0, 0.1) is 10.1 Å². The van der Waals surface area contributed by atoms with Crippen molar-refractivity contribution < 1.29 is 18.1 Å². The van der Waals surface area contributed by atoms with Crippen molar-refractivity contribution in [2.75, 3.05) is 58.8 Å². The molecule has 1 aromatic rings. The lowest BCUT2D eigenvalue weighted by Gasteiger charge is -2.21. The number of hydrogen-bond acceptors (Lipinski definition) is 7. The van der Waals surface area contributed by atoms with Gasteiger partial charge in [0, 0.05) is 46.4 Å². The number of anilines is 1. The van der Waals surface area contributed by atoms with E-state index in [4.69, 9.17) is 4.74 Å². The summed E-state index contributed by atoms with van der Waals surface area (Å²) in [6, 6.07) is 3.95. The van der Waals surface area contributed by atoms with Gasteiger partial charge in [-0.15, -0.1) is 0 Å². The maximum Gasteiger partial charge on any atom is 0.293 e. The Balaban J connectivity index is 2.21. The molecule has 0 unspecified atom stereocenters. The van der Waals surface area contributed by atoms with Crippen LogP contribution in [-0.2, 0) is 14.8 Å². The summed E-state index contributed by atoms with van der Waals surface area (Å²) in [5, 5.41) is 13.9. The van der Waals surface area contributed by atoms with Gasteiger partial charge in [0.1, 0.15) is 5.69 Å². The van der Waals surface area contributed by atoms with Gasteiger partial charge >= 0.3 is 0 Å². The third-order valence-corrected chi connectivity index (χ3v) is 6.13. The van der Waals surface area contributed by atoms with Crippen molar-refractivity contribution in [2.45, 2.75) is 11.3 Å². The molecule has 9 nitrogen and oxygen atoms in total. The summed E-state index contributed by atoms with van der Waals surface area (Å²) < 4.78 is 32.2. The number of methoxy groups -OCH3 is 1. The number of nitro benzene ring substituents is 1. The molecule has 0 saturated carbocycles. The summed E-state index contributed by atoms with van der Waals surface area (Å²) in [7, 11) is -0.576. The fourth-order valence-electron chi connectivity index (χ4n) is 2.82. The van der Waals surface area contributed by atoms with Crippen LogP contribution < -0.4 is 5.32 Å². The van der Waals surface area contributed by atoms with E-state index in [-0.39, 0.29) is 16.3 Å². The minimum atomic E-state index is -3.77. The first-order chi connectivity index (χ1) is 11.9. The first-order valence-electron chi connectivity index (χ1n) is 8.07. The van der Waals surface area contributed by atoms with Crippen LogP contribution in [0.25, 0.3) is 0 Å². The lowest BCUT2D eigenvalue weighted by Crippen LogP contribution is -2.36. The van der Waals surface area contributed by atoms with Crippen molar-refractivity contribution in [2.24, 2.45) is 0 Å². The average Bonchev–Trinajstić information content (AvgIpc) is 2.85. The summed E-state index contributed by atoms with van der Waals surface area (Å²) >= 11 is 0. The normalized spacial score (nSPS) is 17.2. The van der Waals surface area contributed by atoms with Crippen LogP contribution >= 0.6 is 0 Å². The second kappa shape index (κ2) is 8.56. The van der Waals surface area contributed by atoms with E-state index >= 15 is 0 Å². The highest BCUT2D eigenvalue weighted by Gasteiger charge is 2.29. The lowest BCUT2D eigenvalue weighted by molar-refractivity contribution is -0.384. The van der Waals surface area contributed by atoms with E-state index in [2.05, 4.69) is 10.2 Å². The molecular formula is C15H24N4O5S. The summed E-state index contributed by atoms with van der Waals surface area (Å²) in [5.41, 5.74) is 0.0330. The molecule has 140 valence electrons. The Morgan fingerprint density at radius 2 is 2.04 bits per heavy atom. The van der Waals surface area contributed by atoms with E-state index in [1.165, 1.54) is 16.4 Å². The van der Waals surface area contributed by atoms with Gasteiger partial charge in [-0.2, -0.15) is 4.31 Å². The van der Waals surface area contributed by atoms with Gasteiger partial charge in [0.2, 0.25) is 10.0 Å². The summed E-state index contributed by atoms with van der Waals surface area (Å²) in [5.74, 6) is 0. The van der Waals surface area contributed by atoms with E-state index in [9.17, 15) is 18.5 Å². The van der Waals surface area contributed by atoms with Gasteiger partial charge in [-0.3, -0.25) is 15.0 Å². The molecule has 0 radical (unpaired) electrons. The highest BCUT2D eigenvalue weighted by atomic mass is 32.2. The molecule has 10 heteroatoms. The zero-order chi connectivity index (χ0) is 18.4. The summed E-state index contributed by atoms with van der Waals surface area (Å²) in [6.07, 6.45) is 0.708. The van der Waals surface area contributed by atoms with E-state index < -0.39 is 14.9 Å². The first kappa shape index (κ1) is 19.6. The number of sulfonamides is 1. The lowest BCUT2D eigenvalue weighted by atomic mass is 10.3. The maximum atomic E-state index is 12.9. The fraction of sp³-hybridized carbons (Fsp3) is 0.600. The smallest absolute Gasteiger partial charge is 0.293 e. The van der Waals surface area contributed by atoms with Gasteiger partial charge in [0.25, 0.3) is 5.69 Å². The Bertz CT molecular complexity index is 710. The minimum absolute atomic E-state index is 0.0523. The third kappa shape index (κ3) is 4.66. The molecule has 0 amide bonds. The number of nitro groups is 1. The second-order valence-electron chi connectivity index (χ2n) is 5.78. The van der Waals surface area contributed by atoms with Gasteiger partial charge in [-0.05, 0) is 25.1 Å². The topological polar surface area (TPSA) is 105 Å². The monoisotopic (exact) mass is 372 g/mol. The zero-order valence-electron chi connectivity index (χ0n) is 14.5. The van der Waals surface area contributed by atoms with Crippen LogP contribution in [0.1, 0.15) is 6.42 Å². The number of benzene rings is 1. The van der Waals surface area contributed by atoms with Crippen molar-refractivity contribution >= 4 is 21.4 Å². The third-order valence-electron chi connectivity index (χ3n) is 4.23. The fourth-order valence-corrected chi connectivity index (χ4v) is 4.31. The van der Waals surface area contributed by atoms with Crippen LogP contribution in [0.15, 0.2) is 23.1 Å². The molecule has 1 aromatic carbocycles. The van der Waals surface area contributed by atoms with E-state index in [1.807, 2.05) is 0 Å². The largest absolute Gasteiger partial charge is 0.383 e. The van der Waals surface area contributed by atoms with Gasteiger partial charge in [-0.25, -0.2) is 8.42 Å². The molecule has 25 heavy (non-hydrogen) atoms. The highest BCUT2D eigenvalue weighted by Crippen LogP contribution is 2.29. The van der Waals surface area contributed by atoms with Crippen LogP contribution in [-0.4, -0.2) is 76.0 Å². The molecule has 1 aliphatic heterocycles. The predicted octanol–water partition coefficient (Wildman–Crippen LogP) is 0.979. The van der Waals surface area contributed by atoms with E-state index in [1.54, 1.807) is 14.2 Å². The Kier molecular flexibility index (Phi) is 6.71. The quantitative estimate of drug-likeness (QED) is 0.562. The van der Waals surface area contributed by atoms with Crippen molar-refractivity contribution in [1.82, 2.24) is 9.21 Å². The Labute approximate surface area is 147 Å². The number of hydrogen-bond donors (Lipinski definition) is 1. The van der Waals surface area contributed by atoms with E-state index in [0.717, 1.165) is 19.2 Å². The van der Waals surface area contributed by atoms with Gasteiger partial charge in [0.05, 0.1) is 16.4 Å². The molecule has 2 rings (SSSR count). The molecule has 1 aliphatic rings. The molecule has 0 aliphatic carbocycles. The summed E-state index contributed by atoms with van der Waals surface area (Å²) in [6.45, 7) is 3.52. The molecule has 1 heterocycles.